The summed E-state index contributed by atoms with van der Waals surface area (Å²) in [6.07, 6.45) is 4.11. The Hall–Kier alpha value is -1.33. The van der Waals surface area contributed by atoms with Crippen LogP contribution < -0.4 is 0 Å². The number of aromatic nitrogens is 1. The fraction of sp³-hybridized carbons (Fsp3) is 0.750. The largest absolute Gasteiger partial charge is 0.506 e. The Morgan fingerprint density at radius 1 is 0.828 bits per heavy atom. The molecule has 2 heterocycles. The minimum Gasteiger partial charge on any atom is -0.506 e. The van der Waals surface area contributed by atoms with Crippen molar-refractivity contribution >= 4 is 0 Å². The van der Waals surface area contributed by atoms with Crippen molar-refractivity contribution in [1.29, 1.82) is 0 Å². The summed E-state index contributed by atoms with van der Waals surface area (Å²) in [5.41, 5.74) is 0.806. The van der Waals surface area contributed by atoms with Crippen molar-refractivity contribution in [3.63, 3.8) is 0 Å². The Morgan fingerprint density at radius 2 is 1.34 bits per heavy atom. The van der Waals surface area contributed by atoms with Gasteiger partial charge in [-0.25, -0.2) is 0 Å². The van der Waals surface area contributed by atoms with Crippen molar-refractivity contribution in [2.75, 3.05) is 65.7 Å². The molecule has 0 aliphatic carbocycles. The molecule has 166 valence electrons. The second-order valence-electron chi connectivity index (χ2n) is 7.55. The highest BCUT2D eigenvalue weighted by atomic mass is 16.3. The van der Waals surface area contributed by atoms with Gasteiger partial charge in [0.25, 0.3) is 0 Å². The first-order valence-electron chi connectivity index (χ1n) is 10.4. The molecular formula is C20H36N4O5. The summed E-state index contributed by atoms with van der Waals surface area (Å²) >= 11 is 0. The maximum Gasteiger partial charge on any atom is 0.138 e. The van der Waals surface area contributed by atoms with E-state index in [9.17, 15) is 25.5 Å². The molecule has 9 nitrogen and oxygen atoms in total. The lowest BCUT2D eigenvalue weighted by Crippen LogP contribution is -2.47. The molecule has 0 bridgehead atoms. The van der Waals surface area contributed by atoms with E-state index in [0.29, 0.717) is 32.5 Å². The zero-order chi connectivity index (χ0) is 21.1. The maximum atomic E-state index is 10.1. The van der Waals surface area contributed by atoms with E-state index >= 15 is 0 Å². The van der Waals surface area contributed by atoms with Gasteiger partial charge in [-0.3, -0.25) is 19.7 Å². The Bertz CT molecular complexity index is 554. The minimum absolute atomic E-state index is 0.0177. The first-order chi connectivity index (χ1) is 14.1. The summed E-state index contributed by atoms with van der Waals surface area (Å²) in [5.74, 6) is 0.170. The number of aliphatic hydroxyl groups excluding tert-OH is 4. The van der Waals surface area contributed by atoms with Gasteiger partial charge in [0, 0.05) is 82.9 Å². The predicted octanol–water partition coefficient (Wildman–Crippen LogP) is -1.31. The van der Waals surface area contributed by atoms with Crippen molar-refractivity contribution in [2.24, 2.45) is 0 Å². The van der Waals surface area contributed by atoms with E-state index in [1.165, 1.54) is 6.20 Å². The molecular weight excluding hydrogens is 376 g/mol. The van der Waals surface area contributed by atoms with Crippen LogP contribution in [0.2, 0.25) is 0 Å². The van der Waals surface area contributed by atoms with Gasteiger partial charge in [-0.2, -0.15) is 0 Å². The maximum absolute atomic E-state index is 10.1. The van der Waals surface area contributed by atoms with Gasteiger partial charge in [0.05, 0.1) is 19.4 Å². The number of nitrogens with zero attached hydrogens (tertiary/aromatic N) is 4. The molecule has 1 aliphatic heterocycles. The molecule has 0 saturated carbocycles. The van der Waals surface area contributed by atoms with E-state index in [-0.39, 0.29) is 44.3 Å². The number of hydrogen-bond donors (Lipinski definition) is 5. The van der Waals surface area contributed by atoms with Crippen LogP contribution in [0.15, 0.2) is 18.5 Å². The lowest BCUT2D eigenvalue weighted by molar-refractivity contribution is 0.0688. The van der Waals surface area contributed by atoms with Crippen LogP contribution in [0.25, 0.3) is 0 Å². The summed E-state index contributed by atoms with van der Waals surface area (Å²) < 4.78 is 0. The molecule has 1 saturated heterocycles. The van der Waals surface area contributed by atoms with Gasteiger partial charge in [0.2, 0.25) is 0 Å². The van der Waals surface area contributed by atoms with Crippen LogP contribution in [0.3, 0.4) is 0 Å². The topological polar surface area (TPSA) is 124 Å². The fourth-order valence-corrected chi connectivity index (χ4v) is 3.89. The number of aromatic hydroxyl groups is 1. The normalized spacial score (nSPS) is 20.0. The lowest BCUT2D eigenvalue weighted by Gasteiger charge is -2.34. The summed E-state index contributed by atoms with van der Waals surface area (Å²) in [4.78, 5) is 10.5. The SMILES string of the molecule is OCCC(CO)N1CCN(Cc2ccncc2O)CCN(C(CO)CCO)CC1. The molecule has 1 fully saturated rings. The van der Waals surface area contributed by atoms with E-state index in [2.05, 4.69) is 19.7 Å². The van der Waals surface area contributed by atoms with Crippen molar-refractivity contribution in [3.8, 4) is 5.75 Å². The monoisotopic (exact) mass is 412 g/mol. The zero-order valence-corrected chi connectivity index (χ0v) is 17.1. The van der Waals surface area contributed by atoms with Crippen molar-refractivity contribution in [2.45, 2.75) is 31.5 Å². The van der Waals surface area contributed by atoms with Crippen LogP contribution in [0, 0.1) is 0 Å². The van der Waals surface area contributed by atoms with Gasteiger partial charge >= 0.3 is 0 Å². The lowest BCUT2D eigenvalue weighted by atomic mass is 10.1. The van der Waals surface area contributed by atoms with Crippen molar-refractivity contribution in [3.05, 3.63) is 24.0 Å². The van der Waals surface area contributed by atoms with Crippen LogP contribution in [0.4, 0.5) is 0 Å². The van der Waals surface area contributed by atoms with Gasteiger partial charge in [-0.1, -0.05) is 0 Å². The smallest absolute Gasteiger partial charge is 0.138 e. The van der Waals surface area contributed by atoms with Crippen LogP contribution in [-0.2, 0) is 6.54 Å². The quantitative estimate of drug-likeness (QED) is 0.319. The van der Waals surface area contributed by atoms with Crippen LogP contribution in [0.1, 0.15) is 18.4 Å². The summed E-state index contributed by atoms with van der Waals surface area (Å²) in [7, 11) is 0. The third-order valence-corrected chi connectivity index (χ3v) is 5.74. The molecule has 0 amide bonds. The minimum atomic E-state index is -0.124. The van der Waals surface area contributed by atoms with E-state index < -0.39 is 0 Å². The standard InChI is InChI=1S/C20H36N4O5/c25-11-2-18(15-27)23-7-5-22(14-17-1-4-21-13-20(17)29)6-8-24(10-9-23)19(16-28)3-12-26/h1,4,13,18-19,25-29H,2-3,5-12,14-16H2. The average molecular weight is 413 g/mol. The third-order valence-electron chi connectivity index (χ3n) is 5.74. The van der Waals surface area contributed by atoms with E-state index in [0.717, 1.165) is 31.7 Å². The Morgan fingerprint density at radius 3 is 1.79 bits per heavy atom. The molecule has 0 spiro atoms. The second kappa shape index (κ2) is 13.1. The van der Waals surface area contributed by atoms with Gasteiger partial charge in [-0.05, 0) is 18.9 Å². The van der Waals surface area contributed by atoms with Crippen molar-refractivity contribution < 1.29 is 25.5 Å². The van der Waals surface area contributed by atoms with Crippen LogP contribution in [0.5, 0.6) is 5.75 Å². The predicted molar refractivity (Wildman–Crippen MR) is 109 cm³/mol. The van der Waals surface area contributed by atoms with Gasteiger partial charge in [-0.15, -0.1) is 0 Å². The van der Waals surface area contributed by atoms with E-state index in [1.54, 1.807) is 6.20 Å². The second-order valence-corrected chi connectivity index (χ2v) is 7.55. The third kappa shape index (κ3) is 7.45. The summed E-state index contributed by atoms with van der Waals surface area (Å²) in [6.45, 7) is 4.95. The Kier molecular flexibility index (Phi) is 10.8. The molecule has 5 N–H and O–H groups in total. The Balaban J connectivity index is 2.16. The molecule has 1 aromatic heterocycles. The molecule has 0 aromatic carbocycles. The first kappa shape index (κ1) is 23.9. The van der Waals surface area contributed by atoms with E-state index in [1.807, 2.05) is 6.07 Å². The van der Waals surface area contributed by atoms with Gasteiger partial charge in [0.1, 0.15) is 5.75 Å². The Labute approximate surface area is 172 Å². The van der Waals surface area contributed by atoms with Gasteiger partial charge < -0.3 is 25.5 Å². The molecule has 29 heavy (non-hydrogen) atoms. The van der Waals surface area contributed by atoms with Gasteiger partial charge in [0.15, 0.2) is 0 Å². The van der Waals surface area contributed by atoms with Crippen LogP contribution >= 0.6 is 0 Å². The molecule has 1 aromatic rings. The number of pyridine rings is 1. The fourth-order valence-electron chi connectivity index (χ4n) is 3.89. The first-order valence-corrected chi connectivity index (χ1v) is 10.4. The summed E-state index contributed by atoms with van der Waals surface area (Å²) in [5, 5.41) is 48.4. The average Bonchev–Trinajstić information content (AvgIpc) is 2.83. The molecule has 2 rings (SSSR count). The molecule has 9 heteroatoms. The number of aliphatic hydroxyl groups is 4. The molecule has 0 radical (unpaired) electrons. The van der Waals surface area contributed by atoms with Crippen molar-refractivity contribution in [1.82, 2.24) is 19.7 Å². The molecule has 2 atom stereocenters. The highest BCUT2D eigenvalue weighted by Gasteiger charge is 2.25. The molecule has 2 unspecified atom stereocenters. The highest BCUT2D eigenvalue weighted by Crippen LogP contribution is 2.18. The summed E-state index contributed by atoms with van der Waals surface area (Å²) in [6, 6.07) is 1.56. The number of rotatable bonds is 10. The van der Waals surface area contributed by atoms with E-state index in [4.69, 9.17) is 0 Å². The zero-order valence-electron chi connectivity index (χ0n) is 17.1. The highest BCUT2D eigenvalue weighted by molar-refractivity contribution is 5.27. The number of hydrogen-bond acceptors (Lipinski definition) is 9. The van der Waals surface area contributed by atoms with Crippen LogP contribution in [-0.4, -0.2) is 123 Å². The molecule has 1 aliphatic rings.